The van der Waals surface area contributed by atoms with Gasteiger partial charge in [0, 0.05) is 25.1 Å². The minimum absolute atomic E-state index is 0.0579. The van der Waals surface area contributed by atoms with E-state index in [9.17, 15) is 4.79 Å². The smallest absolute Gasteiger partial charge is 0.249 e. The Morgan fingerprint density at radius 3 is 2.83 bits per heavy atom. The van der Waals surface area contributed by atoms with Crippen molar-refractivity contribution < 1.29 is 9.32 Å². The lowest BCUT2D eigenvalue weighted by atomic mass is 9.96. The van der Waals surface area contributed by atoms with Crippen LogP contribution in [0.2, 0.25) is 0 Å². The minimum Gasteiger partial charge on any atom is -0.344 e. The molecule has 0 aliphatic carbocycles. The van der Waals surface area contributed by atoms with Crippen LogP contribution in [0.25, 0.3) is 0 Å². The monoisotopic (exact) mass is 327 g/mol. The number of pyridine rings is 1. The predicted octanol–water partition coefficient (Wildman–Crippen LogP) is 1.80. The topological polar surface area (TPSA) is 84.2 Å². The standard InChI is InChI=1S/C17H21N5O2/c23-15-5-4-14(19-15)17-20-16(21-24-17)12-6-9-22(10-7-12)11-13-3-1-2-8-18-13/h1-3,8,12,14H,4-7,9-11H2,(H,19,23). The van der Waals surface area contributed by atoms with Crippen molar-refractivity contribution in [3.05, 3.63) is 41.8 Å². The van der Waals surface area contributed by atoms with Crippen LogP contribution in [0, 0.1) is 0 Å². The molecule has 0 spiro atoms. The van der Waals surface area contributed by atoms with Gasteiger partial charge in [0.2, 0.25) is 11.8 Å². The summed E-state index contributed by atoms with van der Waals surface area (Å²) in [6, 6.07) is 5.92. The first-order valence-corrected chi connectivity index (χ1v) is 8.53. The van der Waals surface area contributed by atoms with Crippen molar-refractivity contribution in [2.75, 3.05) is 13.1 Å². The Bertz CT molecular complexity index is 694. The first kappa shape index (κ1) is 15.3. The van der Waals surface area contributed by atoms with Crippen molar-refractivity contribution in [2.24, 2.45) is 0 Å². The summed E-state index contributed by atoms with van der Waals surface area (Å²) in [5, 5.41) is 7.02. The van der Waals surface area contributed by atoms with E-state index in [-0.39, 0.29) is 11.9 Å². The third-order valence-electron chi connectivity index (χ3n) is 4.82. The number of carbonyl (C=O) groups excluding carboxylic acids is 1. The van der Waals surface area contributed by atoms with Crippen molar-refractivity contribution >= 4 is 5.91 Å². The van der Waals surface area contributed by atoms with Crippen molar-refractivity contribution in [1.82, 2.24) is 25.3 Å². The molecule has 2 aliphatic heterocycles. The molecule has 0 bridgehead atoms. The summed E-state index contributed by atoms with van der Waals surface area (Å²) >= 11 is 0. The Morgan fingerprint density at radius 1 is 1.25 bits per heavy atom. The summed E-state index contributed by atoms with van der Waals surface area (Å²) in [6.07, 6.45) is 5.15. The maximum Gasteiger partial charge on any atom is 0.249 e. The van der Waals surface area contributed by atoms with Gasteiger partial charge >= 0.3 is 0 Å². The molecule has 0 aromatic carbocycles. The van der Waals surface area contributed by atoms with Crippen LogP contribution >= 0.6 is 0 Å². The molecule has 126 valence electrons. The van der Waals surface area contributed by atoms with Crippen molar-refractivity contribution in [1.29, 1.82) is 0 Å². The number of nitrogens with one attached hydrogen (secondary N) is 1. The van der Waals surface area contributed by atoms with E-state index in [1.54, 1.807) is 0 Å². The van der Waals surface area contributed by atoms with Gasteiger partial charge in [0.15, 0.2) is 5.82 Å². The van der Waals surface area contributed by atoms with Gasteiger partial charge in [0.05, 0.1) is 5.69 Å². The lowest BCUT2D eigenvalue weighted by Gasteiger charge is -2.30. The normalized spacial score (nSPS) is 22.7. The number of amides is 1. The van der Waals surface area contributed by atoms with Crippen LogP contribution in [-0.2, 0) is 11.3 Å². The molecule has 2 aliphatic rings. The fourth-order valence-corrected chi connectivity index (χ4v) is 3.42. The first-order valence-electron chi connectivity index (χ1n) is 8.53. The zero-order valence-electron chi connectivity index (χ0n) is 13.5. The fourth-order valence-electron chi connectivity index (χ4n) is 3.42. The molecule has 0 saturated carbocycles. The molecule has 4 rings (SSSR count). The Balaban J connectivity index is 1.33. The molecule has 2 aromatic rings. The molecule has 0 radical (unpaired) electrons. The summed E-state index contributed by atoms with van der Waals surface area (Å²) in [6.45, 7) is 2.90. The molecule has 1 unspecified atom stereocenters. The van der Waals surface area contributed by atoms with Gasteiger partial charge in [-0.15, -0.1) is 0 Å². The van der Waals surface area contributed by atoms with Gasteiger partial charge < -0.3 is 9.84 Å². The molecule has 7 nitrogen and oxygen atoms in total. The van der Waals surface area contributed by atoms with E-state index in [0.29, 0.717) is 18.2 Å². The molecular weight excluding hydrogens is 306 g/mol. The van der Waals surface area contributed by atoms with Crippen molar-refractivity contribution in [3.8, 4) is 0 Å². The maximum absolute atomic E-state index is 11.3. The third kappa shape index (κ3) is 3.31. The highest BCUT2D eigenvalue weighted by molar-refractivity contribution is 5.78. The van der Waals surface area contributed by atoms with Crippen LogP contribution in [-0.4, -0.2) is 39.0 Å². The molecule has 1 amide bonds. The van der Waals surface area contributed by atoms with Crippen molar-refractivity contribution in [3.63, 3.8) is 0 Å². The lowest BCUT2D eigenvalue weighted by Crippen LogP contribution is -2.33. The summed E-state index contributed by atoms with van der Waals surface area (Å²) in [5.41, 5.74) is 1.11. The molecule has 4 heterocycles. The molecule has 7 heteroatoms. The summed E-state index contributed by atoms with van der Waals surface area (Å²) in [4.78, 5) is 22.6. The van der Waals surface area contributed by atoms with E-state index in [1.165, 1.54) is 0 Å². The van der Waals surface area contributed by atoms with Gasteiger partial charge in [-0.05, 0) is 44.5 Å². The van der Waals surface area contributed by atoms with Crippen LogP contribution < -0.4 is 5.32 Å². The second-order valence-electron chi connectivity index (χ2n) is 6.52. The van der Waals surface area contributed by atoms with E-state index in [1.807, 2.05) is 18.3 Å². The maximum atomic E-state index is 11.3. The molecule has 2 fully saturated rings. The van der Waals surface area contributed by atoms with E-state index < -0.39 is 0 Å². The molecule has 1 N–H and O–H groups in total. The van der Waals surface area contributed by atoms with E-state index in [0.717, 1.165) is 50.4 Å². The highest BCUT2D eigenvalue weighted by Crippen LogP contribution is 2.29. The summed E-state index contributed by atoms with van der Waals surface area (Å²) < 4.78 is 5.37. The van der Waals surface area contributed by atoms with Crippen LogP contribution in [0.15, 0.2) is 28.9 Å². The van der Waals surface area contributed by atoms with Gasteiger partial charge in [-0.25, -0.2) is 0 Å². The van der Waals surface area contributed by atoms with E-state index in [2.05, 4.69) is 31.4 Å². The summed E-state index contributed by atoms with van der Waals surface area (Å²) in [7, 11) is 0. The van der Waals surface area contributed by atoms with Crippen LogP contribution in [0.1, 0.15) is 55.1 Å². The average molecular weight is 327 g/mol. The minimum atomic E-state index is -0.108. The number of hydrogen-bond acceptors (Lipinski definition) is 6. The Morgan fingerprint density at radius 2 is 2.12 bits per heavy atom. The quantitative estimate of drug-likeness (QED) is 0.922. The second-order valence-corrected chi connectivity index (χ2v) is 6.52. The molecule has 1 atom stereocenters. The number of hydrogen-bond donors (Lipinski definition) is 1. The number of aromatic nitrogens is 3. The third-order valence-corrected chi connectivity index (χ3v) is 4.82. The fraction of sp³-hybridized carbons (Fsp3) is 0.529. The molecular formula is C17H21N5O2. The number of carbonyl (C=O) groups is 1. The van der Waals surface area contributed by atoms with Crippen LogP contribution in [0.4, 0.5) is 0 Å². The van der Waals surface area contributed by atoms with Crippen LogP contribution in [0.3, 0.4) is 0 Å². The highest BCUT2D eigenvalue weighted by Gasteiger charge is 2.30. The Kier molecular flexibility index (Phi) is 4.25. The molecule has 2 aromatic heterocycles. The zero-order valence-corrected chi connectivity index (χ0v) is 13.5. The lowest BCUT2D eigenvalue weighted by molar-refractivity contribution is -0.119. The largest absolute Gasteiger partial charge is 0.344 e. The number of likely N-dealkylation sites (tertiary alicyclic amines) is 1. The van der Waals surface area contributed by atoms with Gasteiger partial charge in [0.1, 0.15) is 6.04 Å². The number of piperidine rings is 1. The van der Waals surface area contributed by atoms with Gasteiger partial charge in [0.25, 0.3) is 0 Å². The Labute approximate surface area is 140 Å². The first-order chi connectivity index (χ1) is 11.8. The SMILES string of the molecule is O=C1CCC(c2nc(C3CCN(Cc4ccccn4)CC3)no2)N1. The van der Waals surface area contributed by atoms with E-state index in [4.69, 9.17) is 4.52 Å². The number of nitrogens with zero attached hydrogens (tertiary/aromatic N) is 4. The van der Waals surface area contributed by atoms with E-state index >= 15 is 0 Å². The summed E-state index contributed by atoms with van der Waals surface area (Å²) in [5.74, 6) is 1.72. The predicted molar refractivity (Wildman–Crippen MR) is 85.9 cm³/mol. The van der Waals surface area contributed by atoms with Crippen LogP contribution in [0.5, 0.6) is 0 Å². The van der Waals surface area contributed by atoms with Gasteiger partial charge in [-0.1, -0.05) is 11.2 Å². The second kappa shape index (κ2) is 6.68. The highest BCUT2D eigenvalue weighted by atomic mass is 16.5. The molecule has 2 saturated heterocycles. The average Bonchev–Trinajstić information content (AvgIpc) is 3.25. The number of rotatable bonds is 4. The van der Waals surface area contributed by atoms with Gasteiger partial charge in [-0.3, -0.25) is 14.7 Å². The van der Waals surface area contributed by atoms with Gasteiger partial charge in [-0.2, -0.15) is 4.98 Å². The zero-order chi connectivity index (χ0) is 16.4. The Hall–Kier alpha value is -2.28. The molecule has 24 heavy (non-hydrogen) atoms. The van der Waals surface area contributed by atoms with Crippen molar-refractivity contribution in [2.45, 2.75) is 44.2 Å².